The molecule has 1 atom stereocenters. The Balaban J connectivity index is 1.55. The first-order valence-electron chi connectivity index (χ1n) is 15.7. The zero-order valence-electron chi connectivity index (χ0n) is 28.4. The third kappa shape index (κ3) is 11.8. The van der Waals surface area contributed by atoms with Gasteiger partial charge in [0.05, 0.1) is 35.0 Å². The van der Waals surface area contributed by atoms with Crippen LogP contribution >= 0.6 is 23.2 Å². The number of halogens is 4. The van der Waals surface area contributed by atoms with Gasteiger partial charge in [0.25, 0.3) is 0 Å². The van der Waals surface area contributed by atoms with Crippen LogP contribution in [0.15, 0.2) is 48.8 Å². The molecule has 0 amide bonds. The van der Waals surface area contributed by atoms with Crippen molar-refractivity contribution >= 4 is 57.7 Å². The van der Waals surface area contributed by atoms with Crippen LogP contribution in [0.5, 0.6) is 17.2 Å². The Bertz CT molecular complexity index is 1820. The largest absolute Gasteiger partial charge is 0.495 e. The van der Waals surface area contributed by atoms with Crippen molar-refractivity contribution in [3.8, 4) is 17.2 Å². The first-order chi connectivity index (χ1) is 24.5. The molecular weight excluding hydrogens is 753 g/mol. The van der Waals surface area contributed by atoms with Gasteiger partial charge in [0.1, 0.15) is 24.0 Å². The Labute approximate surface area is 310 Å². The van der Waals surface area contributed by atoms with Crippen molar-refractivity contribution in [3.63, 3.8) is 0 Å². The van der Waals surface area contributed by atoms with Crippen LogP contribution in [-0.2, 0) is 41.1 Å². The minimum Gasteiger partial charge on any atom is -0.495 e. The molecule has 1 aliphatic rings. The Morgan fingerprint density at radius 2 is 1.65 bits per heavy atom. The van der Waals surface area contributed by atoms with Gasteiger partial charge in [0, 0.05) is 18.8 Å². The molecule has 52 heavy (non-hydrogen) atoms. The average Bonchev–Trinajstić information content (AvgIpc) is 3.90. The van der Waals surface area contributed by atoms with Crippen LogP contribution in [0.2, 0.25) is 10.0 Å². The molecule has 1 aliphatic carbocycles. The second-order valence-electron chi connectivity index (χ2n) is 12.4. The second kappa shape index (κ2) is 17.9. The molecule has 0 bridgehead atoms. The first-order valence-corrected chi connectivity index (χ1v) is 17.6. The monoisotopic (exact) mass is 788 g/mol. The number of thiol groups is 1. The van der Waals surface area contributed by atoms with Gasteiger partial charge in [0.2, 0.25) is 10.9 Å². The fourth-order valence-corrected chi connectivity index (χ4v) is 5.80. The second-order valence-corrected chi connectivity index (χ2v) is 14.2. The van der Waals surface area contributed by atoms with E-state index in [1.165, 1.54) is 49.8 Å². The lowest BCUT2D eigenvalue weighted by atomic mass is 10.0. The average molecular weight is 790 g/mol. The maximum atomic E-state index is 13.2. The number of aromatic nitrogens is 1. The van der Waals surface area contributed by atoms with Crippen molar-refractivity contribution in [1.29, 1.82) is 0 Å². The fraction of sp³-hybridized carbons (Fsp3) is 0.412. The van der Waals surface area contributed by atoms with Crippen LogP contribution in [0.4, 0.5) is 14.5 Å². The number of benzene rings is 2. The fourth-order valence-electron chi connectivity index (χ4n) is 4.72. The van der Waals surface area contributed by atoms with Gasteiger partial charge in [-0.2, -0.15) is 8.78 Å². The number of anilines is 1. The normalized spacial score (nSPS) is 13.3. The molecule has 0 N–H and O–H groups in total. The van der Waals surface area contributed by atoms with Crippen LogP contribution in [0, 0.1) is 5.92 Å². The molecule has 4 rings (SSSR count). The number of hydrogen-bond donors (Lipinski definition) is 1. The van der Waals surface area contributed by atoms with Crippen LogP contribution < -0.4 is 18.5 Å². The van der Waals surface area contributed by atoms with E-state index in [1.54, 1.807) is 20.8 Å². The molecule has 1 saturated carbocycles. The summed E-state index contributed by atoms with van der Waals surface area (Å²) in [5, 5.41) is 0.331. The molecule has 1 fully saturated rings. The lowest BCUT2D eigenvalue weighted by Crippen LogP contribution is -2.34. The van der Waals surface area contributed by atoms with E-state index in [1.807, 2.05) is 0 Å². The summed E-state index contributed by atoms with van der Waals surface area (Å²) in [5.41, 5.74) is -0.580. The number of ether oxygens (including phenoxy) is 6. The first kappa shape index (κ1) is 40.4. The van der Waals surface area contributed by atoms with E-state index in [9.17, 15) is 31.6 Å². The number of methoxy groups -OCH3 is 1. The third-order valence-electron chi connectivity index (χ3n) is 7.25. The summed E-state index contributed by atoms with van der Waals surface area (Å²) < 4.78 is 83.1. The Hall–Kier alpha value is -4.41. The van der Waals surface area contributed by atoms with Gasteiger partial charge in [-0.05, 0) is 81.0 Å². The topological polar surface area (TPSA) is 157 Å². The van der Waals surface area contributed by atoms with Crippen LogP contribution in [0.1, 0.15) is 61.2 Å². The Kier molecular flexibility index (Phi) is 13.9. The summed E-state index contributed by atoms with van der Waals surface area (Å²) in [6, 6.07) is 7.72. The van der Waals surface area contributed by atoms with Crippen molar-refractivity contribution in [2.75, 3.05) is 31.2 Å². The van der Waals surface area contributed by atoms with Crippen molar-refractivity contribution in [2.45, 2.75) is 58.4 Å². The standard InChI is InChI=1S/C34H36Cl2F2N2O11S/c1-34(2,3)51-30(41)16-40(52(44)45)25-11-21(8-9-26(25)46-4)32(43)48-18-31(42)49-28(13-22-23(35)14-39-15-24(22)36)20-7-10-27(50-33(37)38)29(12-20)47-17-19-5-6-19/h7-12,14-15,19,28,33,52H,5-6,13,16-18H2,1-4H3/t28-/m0/s1. The number of pyridine rings is 1. The van der Waals surface area contributed by atoms with Gasteiger partial charge in [-0.15, -0.1) is 0 Å². The van der Waals surface area contributed by atoms with Crippen LogP contribution in [-0.4, -0.2) is 70.4 Å². The summed E-state index contributed by atoms with van der Waals surface area (Å²) in [6.45, 7) is 0.375. The van der Waals surface area contributed by atoms with Crippen molar-refractivity contribution in [2.24, 2.45) is 5.92 Å². The summed E-state index contributed by atoms with van der Waals surface area (Å²) >= 11 is 12.7. The van der Waals surface area contributed by atoms with Crippen molar-refractivity contribution < 1.29 is 60.0 Å². The predicted octanol–water partition coefficient (Wildman–Crippen LogP) is 6.15. The molecule has 0 aliphatic heterocycles. The molecule has 0 saturated heterocycles. The lowest BCUT2D eigenvalue weighted by molar-refractivity contribution is -0.153. The van der Waals surface area contributed by atoms with E-state index < -0.39 is 60.3 Å². The molecule has 18 heteroatoms. The van der Waals surface area contributed by atoms with Crippen LogP contribution in [0.25, 0.3) is 0 Å². The molecule has 13 nitrogen and oxygen atoms in total. The summed E-state index contributed by atoms with van der Waals surface area (Å²) in [4.78, 5) is 42.6. The highest BCUT2D eigenvalue weighted by Gasteiger charge is 2.27. The van der Waals surface area contributed by atoms with Gasteiger partial charge in [-0.3, -0.25) is 14.1 Å². The Morgan fingerprint density at radius 3 is 2.25 bits per heavy atom. The zero-order valence-corrected chi connectivity index (χ0v) is 30.8. The summed E-state index contributed by atoms with van der Waals surface area (Å²) in [7, 11) is -2.14. The zero-order chi connectivity index (χ0) is 38.2. The highest BCUT2D eigenvalue weighted by molar-refractivity contribution is 7.74. The number of rotatable bonds is 17. The highest BCUT2D eigenvalue weighted by Crippen LogP contribution is 2.38. The molecule has 0 unspecified atom stereocenters. The van der Waals surface area contributed by atoms with E-state index >= 15 is 0 Å². The maximum Gasteiger partial charge on any atom is 0.387 e. The van der Waals surface area contributed by atoms with E-state index in [0.29, 0.717) is 15.4 Å². The lowest BCUT2D eigenvalue weighted by Gasteiger charge is -2.24. The quantitative estimate of drug-likeness (QED) is 0.0948. The van der Waals surface area contributed by atoms with Crippen molar-refractivity contribution in [1.82, 2.24) is 4.98 Å². The maximum absolute atomic E-state index is 13.2. The number of nitrogens with zero attached hydrogens (tertiary/aromatic N) is 2. The van der Waals surface area contributed by atoms with E-state index in [-0.39, 0.29) is 57.5 Å². The molecule has 2 aromatic carbocycles. The molecule has 0 radical (unpaired) electrons. The summed E-state index contributed by atoms with van der Waals surface area (Å²) in [5.74, 6) is -2.84. The minimum absolute atomic E-state index is 0.0000485. The van der Waals surface area contributed by atoms with E-state index in [0.717, 1.165) is 18.9 Å². The van der Waals surface area contributed by atoms with Gasteiger partial charge in [0.15, 0.2) is 18.1 Å². The SMILES string of the molecule is COc1ccc(C(=O)OCC(=O)O[C@@H](Cc2c(Cl)cncc2Cl)c2ccc(OC(F)F)c(OCC3CC3)c2)cc1N(CC(=O)OC(C)(C)C)[SH](=O)=O. The molecule has 3 aromatic rings. The minimum atomic E-state index is -3.41. The van der Waals surface area contributed by atoms with E-state index in [4.69, 9.17) is 46.9 Å². The van der Waals surface area contributed by atoms with E-state index in [2.05, 4.69) is 9.72 Å². The smallest absolute Gasteiger partial charge is 0.387 e. The predicted molar refractivity (Wildman–Crippen MR) is 185 cm³/mol. The summed E-state index contributed by atoms with van der Waals surface area (Å²) in [6.07, 6.45) is 3.31. The van der Waals surface area contributed by atoms with Crippen LogP contribution in [0.3, 0.4) is 0 Å². The molecule has 1 heterocycles. The molecular formula is C34H36Cl2F2N2O11S. The highest BCUT2D eigenvalue weighted by atomic mass is 35.5. The molecule has 282 valence electrons. The van der Waals surface area contributed by atoms with Crippen molar-refractivity contribution in [3.05, 3.63) is 75.5 Å². The number of alkyl halides is 2. The van der Waals surface area contributed by atoms with Gasteiger partial charge < -0.3 is 28.4 Å². The molecule has 1 aromatic heterocycles. The number of esters is 3. The Morgan fingerprint density at radius 1 is 0.981 bits per heavy atom. The number of carbonyl (C=O) groups excluding carboxylic acids is 3. The third-order valence-corrected chi connectivity index (χ3v) is 8.65. The van der Waals surface area contributed by atoms with Gasteiger partial charge in [-0.25, -0.2) is 18.0 Å². The van der Waals surface area contributed by atoms with Gasteiger partial charge >= 0.3 is 24.5 Å². The number of carbonyl (C=O) groups is 3. The molecule has 0 spiro atoms. The van der Waals surface area contributed by atoms with Gasteiger partial charge in [-0.1, -0.05) is 29.3 Å². The number of hydrogen-bond acceptors (Lipinski definition) is 12.